The van der Waals surface area contributed by atoms with Gasteiger partial charge >= 0.3 is 51.2 Å². The Balaban J connectivity index is 0.000000200. The molecule has 0 unspecified atom stereocenters. The van der Waals surface area contributed by atoms with Crippen molar-refractivity contribution >= 4 is 95.5 Å². The molecule has 0 amide bonds. The summed E-state index contributed by atoms with van der Waals surface area (Å²) < 4.78 is 0. The van der Waals surface area contributed by atoms with Crippen molar-refractivity contribution in [1.29, 1.82) is 0 Å². The van der Waals surface area contributed by atoms with E-state index in [1.165, 1.54) is 11.1 Å². The molecule has 0 bridgehead atoms. The fraction of sp³-hybridized carbons (Fsp3) is 0.0208. The molecule has 11 heteroatoms. The summed E-state index contributed by atoms with van der Waals surface area (Å²) in [5.41, 5.74) is 2.64. The van der Waals surface area contributed by atoms with E-state index in [2.05, 4.69) is 38.1 Å². The van der Waals surface area contributed by atoms with E-state index >= 15 is 0 Å². The van der Waals surface area contributed by atoms with Crippen molar-refractivity contribution in [3.63, 3.8) is 0 Å². The summed E-state index contributed by atoms with van der Waals surface area (Å²) in [5, 5.41) is 10.8. The maximum absolute atomic E-state index is 13.8. The Hall–Kier alpha value is -9.95. The first-order valence-corrected chi connectivity index (χ1v) is 42.5. The molecule has 107 heavy (non-hydrogen) atoms. The Morgan fingerprint density at radius 3 is 0.308 bits per heavy atom. The van der Waals surface area contributed by atoms with Gasteiger partial charge in [-0.05, 0) is 13.8 Å². The number of benzene rings is 14. The number of hydrogen-bond acceptors (Lipinski definition) is 4. The SMILES string of the molecule is Cc1ccccc1.Cc1ccccc1.[Mn+2].[Mn+2].[Mn+2].[O-][Si](c1ccccc1)(c1ccccc1)c1ccccc1.[O-][Si](c1ccccc1)(c1ccccc1)c1ccccc1.[O-][Si](c1ccccc1)(c1ccccc1)c1ccccc1.[O-][Si](c1ccccc1)(c1ccccc1)c1ccccc1.c1cc[cH-]c1.c1cc[cH-]c1. The summed E-state index contributed by atoms with van der Waals surface area (Å²) in [5.74, 6) is 0. The number of aryl methyl sites for hydroxylation is 2. The van der Waals surface area contributed by atoms with Crippen LogP contribution in [0.15, 0.2) is 485 Å². The van der Waals surface area contributed by atoms with E-state index in [1.807, 2.05) is 461 Å². The van der Waals surface area contributed by atoms with Gasteiger partial charge in [-0.15, -0.1) is 0 Å². The summed E-state index contributed by atoms with van der Waals surface area (Å²) in [6.07, 6.45) is 0. The van der Waals surface area contributed by atoms with Crippen LogP contribution in [0.4, 0.5) is 0 Å². The molecular formula is C96H86Mn3O4Si4. The third kappa shape index (κ3) is 25.1. The van der Waals surface area contributed by atoms with Crippen LogP contribution in [0.1, 0.15) is 11.1 Å². The van der Waals surface area contributed by atoms with Crippen LogP contribution in [0.5, 0.6) is 0 Å². The molecule has 3 radical (unpaired) electrons. The van der Waals surface area contributed by atoms with Gasteiger partial charge in [-0.2, -0.15) is 36.4 Å². The van der Waals surface area contributed by atoms with Crippen LogP contribution in [-0.2, 0) is 51.2 Å². The predicted octanol–water partition coefficient (Wildman–Crippen LogP) is 10.8. The topological polar surface area (TPSA) is 92.2 Å². The van der Waals surface area contributed by atoms with E-state index in [9.17, 15) is 19.2 Å². The van der Waals surface area contributed by atoms with E-state index in [0.717, 1.165) is 62.2 Å². The van der Waals surface area contributed by atoms with Crippen LogP contribution in [-0.4, -0.2) is 33.3 Å². The molecule has 531 valence electrons. The van der Waals surface area contributed by atoms with Gasteiger partial charge < -0.3 is 19.2 Å². The molecule has 16 aromatic carbocycles. The van der Waals surface area contributed by atoms with Crippen molar-refractivity contribution in [3.05, 3.63) is 496 Å². The number of rotatable bonds is 12. The fourth-order valence-corrected chi connectivity index (χ4v) is 23.7. The predicted molar refractivity (Wildman–Crippen MR) is 442 cm³/mol. The molecule has 4 nitrogen and oxygen atoms in total. The molecule has 0 aromatic heterocycles. The molecule has 0 aliphatic carbocycles. The number of hydrogen-bond donors (Lipinski definition) is 0. The fourth-order valence-electron chi connectivity index (χ4n) is 11.8. The molecule has 0 fully saturated rings. The van der Waals surface area contributed by atoms with Crippen molar-refractivity contribution in [1.82, 2.24) is 0 Å². The van der Waals surface area contributed by atoms with Crippen LogP contribution >= 0.6 is 0 Å². The third-order valence-corrected chi connectivity index (χ3v) is 30.9. The molecular weight excluding hydrogens is 1490 g/mol. The molecule has 0 N–H and O–H groups in total. The van der Waals surface area contributed by atoms with Crippen molar-refractivity contribution in [2.45, 2.75) is 13.8 Å². The quantitative estimate of drug-likeness (QED) is 0.0692. The Morgan fingerprint density at radius 1 is 0.150 bits per heavy atom. The van der Waals surface area contributed by atoms with Crippen LogP contribution < -0.4 is 81.4 Å². The smallest absolute Gasteiger partial charge is 0.848 e. The van der Waals surface area contributed by atoms with Crippen LogP contribution in [0.25, 0.3) is 0 Å². The Bertz CT molecular complexity index is 3810. The second-order valence-corrected chi connectivity index (χ2v) is 36.7. The first-order valence-electron chi connectivity index (χ1n) is 34.9. The van der Waals surface area contributed by atoms with Gasteiger partial charge in [0.2, 0.25) is 0 Å². The maximum atomic E-state index is 13.8. The molecule has 0 atom stereocenters. The summed E-state index contributed by atoms with van der Waals surface area (Å²) >= 11 is 0. The zero-order valence-corrected chi connectivity index (χ0v) is 67.5. The molecule has 0 aliphatic rings. The van der Waals surface area contributed by atoms with E-state index < -0.39 is 33.3 Å². The minimum absolute atomic E-state index is 0. The monoisotopic (exact) mass is 1580 g/mol. The zero-order chi connectivity index (χ0) is 72.7. The van der Waals surface area contributed by atoms with Crippen molar-refractivity contribution in [3.8, 4) is 0 Å². The van der Waals surface area contributed by atoms with E-state index in [4.69, 9.17) is 0 Å². The Kier molecular flexibility index (Phi) is 37.7. The summed E-state index contributed by atoms with van der Waals surface area (Å²) in [6.45, 7) is 4.17. The van der Waals surface area contributed by atoms with Gasteiger partial charge in [0.1, 0.15) is 0 Å². The largest absolute Gasteiger partial charge is 2.00 e. The van der Waals surface area contributed by atoms with Gasteiger partial charge in [0.05, 0.1) is 33.3 Å². The second kappa shape index (κ2) is 46.9. The van der Waals surface area contributed by atoms with Gasteiger partial charge in [0.25, 0.3) is 0 Å². The van der Waals surface area contributed by atoms with Gasteiger partial charge in [-0.25, -0.2) is 24.3 Å². The van der Waals surface area contributed by atoms with Gasteiger partial charge in [-0.1, -0.05) is 498 Å². The van der Waals surface area contributed by atoms with E-state index in [0.29, 0.717) is 0 Å². The van der Waals surface area contributed by atoms with E-state index in [-0.39, 0.29) is 51.2 Å². The van der Waals surface area contributed by atoms with Crippen molar-refractivity contribution < 1.29 is 70.4 Å². The van der Waals surface area contributed by atoms with Gasteiger partial charge in [0.15, 0.2) is 0 Å². The second-order valence-electron chi connectivity index (χ2n) is 24.4. The zero-order valence-electron chi connectivity index (χ0n) is 60.0. The summed E-state index contributed by atoms with van der Waals surface area (Å²) in [4.78, 5) is 55.4. The molecule has 0 aliphatic heterocycles. The van der Waals surface area contributed by atoms with Crippen LogP contribution in [0.2, 0.25) is 0 Å². The van der Waals surface area contributed by atoms with Crippen LogP contribution in [0, 0.1) is 13.8 Å². The minimum Gasteiger partial charge on any atom is -0.848 e. The maximum Gasteiger partial charge on any atom is 2.00 e. The normalized spacial score (nSPS) is 10.3. The molecule has 0 saturated heterocycles. The van der Waals surface area contributed by atoms with E-state index in [1.54, 1.807) is 0 Å². The summed E-state index contributed by atoms with van der Waals surface area (Å²) in [7, 11) is -12.5. The molecule has 16 aromatic rings. The standard InChI is InChI=1S/4C18H15OSi.2C7H8.2C5H5.3Mn/c4*19-20(16-10-4-1-5-11-16,17-12-6-2-7-13-17)18-14-8-3-9-15-18;2*1-7-5-3-2-4-6-7;2*1-2-4-5-3-1;;;/h4*1-15H;2*2-6H,1H3;2*1-5H;;;/q4*-1;;;2*-1;3*+2. The van der Waals surface area contributed by atoms with Crippen molar-refractivity contribution in [2.24, 2.45) is 0 Å². The van der Waals surface area contributed by atoms with Crippen molar-refractivity contribution in [2.75, 3.05) is 0 Å². The molecule has 0 saturated carbocycles. The summed E-state index contributed by atoms with van der Waals surface area (Å²) in [6, 6.07) is 158. The first-order chi connectivity index (χ1) is 51.0. The van der Waals surface area contributed by atoms with Gasteiger partial charge in [0, 0.05) is 0 Å². The average molecular weight is 1580 g/mol. The van der Waals surface area contributed by atoms with Gasteiger partial charge in [-0.3, -0.25) is 0 Å². The Labute approximate surface area is 670 Å². The average Bonchev–Trinajstić information content (AvgIpc) is 1.40. The first kappa shape index (κ1) is 86.0. The minimum atomic E-state index is -3.13. The molecule has 0 spiro atoms. The third-order valence-electron chi connectivity index (χ3n) is 17.2. The Morgan fingerprint density at radius 2 is 0.243 bits per heavy atom. The van der Waals surface area contributed by atoms with Crippen LogP contribution in [0.3, 0.4) is 0 Å². The molecule has 0 heterocycles. The molecule has 16 rings (SSSR count).